The maximum atomic E-state index is 12.9. The largest absolute Gasteiger partial charge is 0.480 e. The van der Waals surface area contributed by atoms with Crippen molar-refractivity contribution in [2.45, 2.75) is 36.6 Å². The van der Waals surface area contributed by atoms with Crippen LogP contribution >= 0.6 is 23.4 Å². The molecule has 1 aromatic rings. The highest BCUT2D eigenvalue weighted by atomic mass is 35.5. The summed E-state index contributed by atoms with van der Waals surface area (Å²) in [4.78, 5) is 23.6. The normalized spacial score (nSPS) is 16.7. The van der Waals surface area contributed by atoms with Crippen molar-refractivity contribution in [1.29, 1.82) is 0 Å². The minimum atomic E-state index is -3.81. The summed E-state index contributed by atoms with van der Waals surface area (Å²) in [7, 11) is -3.81. The third-order valence-corrected chi connectivity index (χ3v) is 7.36. The molecule has 2 rings (SSSR count). The van der Waals surface area contributed by atoms with Crippen LogP contribution in [0, 0.1) is 0 Å². The Bertz CT molecular complexity index is 795. The van der Waals surface area contributed by atoms with Gasteiger partial charge in [0, 0.05) is 18.7 Å². The van der Waals surface area contributed by atoms with Crippen LogP contribution in [0.25, 0.3) is 0 Å². The third-order valence-electron chi connectivity index (χ3n) is 4.34. The Morgan fingerprint density at radius 3 is 2.56 bits per heavy atom. The Balaban J connectivity index is 2.25. The summed E-state index contributed by atoms with van der Waals surface area (Å²) in [6.45, 7) is 0.843. The van der Waals surface area contributed by atoms with Gasteiger partial charge in [-0.1, -0.05) is 18.0 Å². The number of nitrogens with zero attached hydrogens (tertiary/aromatic N) is 1. The van der Waals surface area contributed by atoms with Crippen molar-refractivity contribution in [2.24, 2.45) is 0 Å². The van der Waals surface area contributed by atoms with Crippen LogP contribution in [-0.2, 0) is 14.8 Å². The highest BCUT2D eigenvalue weighted by Crippen LogP contribution is 2.28. The smallest absolute Gasteiger partial charge is 0.326 e. The summed E-state index contributed by atoms with van der Waals surface area (Å²) >= 11 is 7.57. The van der Waals surface area contributed by atoms with Gasteiger partial charge >= 0.3 is 5.97 Å². The number of aliphatic carboxylic acids is 1. The lowest BCUT2D eigenvalue weighted by molar-refractivity contribution is -0.139. The van der Waals surface area contributed by atoms with Crippen LogP contribution in [0.15, 0.2) is 23.1 Å². The number of carbonyl (C=O) groups excluding carboxylic acids is 1. The molecule has 7 nitrogen and oxygen atoms in total. The molecule has 0 radical (unpaired) electrons. The van der Waals surface area contributed by atoms with E-state index in [0.29, 0.717) is 18.8 Å². The summed E-state index contributed by atoms with van der Waals surface area (Å²) in [5.41, 5.74) is 0.0605. The van der Waals surface area contributed by atoms with Gasteiger partial charge in [0.05, 0.1) is 5.02 Å². The Hall–Kier alpha value is -1.29. The second-order valence-corrected chi connectivity index (χ2v) is 9.55. The Kier molecular flexibility index (Phi) is 7.96. The van der Waals surface area contributed by atoms with Gasteiger partial charge < -0.3 is 10.4 Å². The summed E-state index contributed by atoms with van der Waals surface area (Å²) in [6, 6.07) is 2.92. The van der Waals surface area contributed by atoms with Gasteiger partial charge in [0.1, 0.15) is 10.9 Å². The Morgan fingerprint density at radius 1 is 1.30 bits per heavy atom. The molecule has 0 aromatic heterocycles. The fourth-order valence-electron chi connectivity index (χ4n) is 2.82. The number of carboxylic acids is 1. The number of nitrogens with one attached hydrogen (secondary N) is 1. The first kappa shape index (κ1) is 22.0. The zero-order valence-corrected chi connectivity index (χ0v) is 17.4. The van der Waals surface area contributed by atoms with E-state index in [1.807, 2.05) is 6.26 Å². The van der Waals surface area contributed by atoms with Crippen LogP contribution in [0.1, 0.15) is 36.0 Å². The van der Waals surface area contributed by atoms with Crippen LogP contribution < -0.4 is 5.32 Å². The number of carboxylic acid groups (broad SMARTS) is 1. The summed E-state index contributed by atoms with van der Waals surface area (Å²) < 4.78 is 27.1. The summed E-state index contributed by atoms with van der Waals surface area (Å²) in [5, 5.41) is 11.7. The predicted molar refractivity (Wildman–Crippen MR) is 106 cm³/mol. The number of hydrogen-bond donors (Lipinski definition) is 2. The van der Waals surface area contributed by atoms with Gasteiger partial charge in [0.2, 0.25) is 10.0 Å². The number of amides is 1. The Morgan fingerprint density at radius 2 is 1.96 bits per heavy atom. The van der Waals surface area contributed by atoms with E-state index in [1.165, 1.54) is 34.3 Å². The molecule has 10 heteroatoms. The zero-order valence-electron chi connectivity index (χ0n) is 15.0. The maximum absolute atomic E-state index is 12.9. The van der Waals surface area contributed by atoms with E-state index in [0.717, 1.165) is 19.3 Å². The van der Waals surface area contributed by atoms with E-state index in [-0.39, 0.29) is 21.9 Å². The zero-order chi connectivity index (χ0) is 20.0. The molecule has 0 saturated carbocycles. The van der Waals surface area contributed by atoms with Gasteiger partial charge in [0.25, 0.3) is 5.91 Å². The lowest BCUT2D eigenvalue weighted by atomic mass is 10.1. The predicted octanol–water partition coefficient (Wildman–Crippen LogP) is 2.45. The van der Waals surface area contributed by atoms with Gasteiger partial charge in [-0.2, -0.15) is 16.1 Å². The number of piperidine rings is 1. The summed E-state index contributed by atoms with van der Waals surface area (Å²) in [5.74, 6) is -1.20. The minimum absolute atomic E-state index is 0.0364. The van der Waals surface area contributed by atoms with E-state index >= 15 is 0 Å². The number of benzene rings is 1. The van der Waals surface area contributed by atoms with Gasteiger partial charge in [-0.15, -0.1) is 0 Å². The van der Waals surface area contributed by atoms with Crippen LogP contribution in [0.5, 0.6) is 0 Å². The number of rotatable bonds is 8. The molecular formula is C17H23ClN2O5S2. The van der Waals surface area contributed by atoms with E-state index in [4.69, 9.17) is 11.6 Å². The minimum Gasteiger partial charge on any atom is -0.480 e. The van der Waals surface area contributed by atoms with E-state index < -0.39 is 27.9 Å². The second-order valence-electron chi connectivity index (χ2n) is 6.26. The first-order valence-corrected chi connectivity index (χ1v) is 11.8. The van der Waals surface area contributed by atoms with Crippen molar-refractivity contribution in [3.63, 3.8) is 0 Å². The van der Waals surface area contributed by atoms with Crippen LogP contribution in [0.3, 0.4) is 0 Å². The maximum Gasteiger partial charge on any atom is 0.326 e. The molecule has 0 spiro atoms. The SMILES string of the molecule is CSCCC(NC(=O)c1ccc(Cl)c(S(=O)(=O)N2CCCCC2)c1)C(=O)O. The van der Waals surface area contributed by atoms with Crippen LogP contribution in [-0.4, -0.2) is 60.8 Å². The molecule has 0 bridgehead atoms. The molecule has 27 heavy (non-hydrogen) atoms. The van der Waals surface area contributed by atoms with Crippen LogP contribution in [0.2, 0.25) is 5.02 Å². The van der Waals surface area contributed by atoms with Gasteiger partial charge in [-0.3, -0.25) is 4.79 Å². The van der Waals surface area contributed by atoms with Crippen molar-refractivity contribution in [2.75, 3.05) is 25.1 Å². The average molecular weight is 435 g/mol. The molecule has 1 fully saturated rings. The van der Waals surface area contributed by atoms with Crippen LogP contribution in [0.4, 0.5) is 0 Å². The third kappa shape index (κ3) is 5.60. The fourth-order valence-corrected chi connectivity index (χ4v) is 5.31. The molecule has 1 saturated heterocycles. The van der Waals surface area contributed by atoms with Gasteiger partial charge in [-0.05, 0) is 49.5 Å². The van der Waals surface area contributed by atoms with E-state index in [1.54, 1.807) is 0 Å². The summed E-state index contributed by atoms with van der Waals surface area (Å²) in [6.07, 6.45) is 4.67. The molecule has 0 aliphatic carbocycles. The molecule has 1 aliphatic heterocycles. The van der Waals surface area contributed by atoms with Crippen molar-refractivity contribution in [3.05, 3.63) is 28.8 Å². The lowest BCUT2D eigenvalue weighted by Crippen LogP contribution is -2.41. The van der Waals surface area contributed by atoms with Gasteiger partial charge in [-0.25, -0.2) is 13.2 Å². The molecule has 1 aromatic carbocycles. The van der Waals surface area contributed by atoms with Crippen molar-refractivity contribution in [1.82, 2.24) is 9.62 Å². The van der Waals surface area contributed by atoms with E-state index in [9.17, 15) is 23.1 Å². The first-order valence-electron chi connectivity index (χ1n) is 8.59. The monoisotopic (exact) mass is 434 g/mol. The topological polar surface area (TPSA) is 104 Å². The number of halogens is 1. The molecular weight excluding hydrogens is 412 g/mol. The van der Waals surface area contributed by atoms with Crippen molar-refractivity contribution in [3.8, 4) is 0 Å². The number of thioether (sulfide) groups is 1. The molecule has 1 amide bonds. The van der Waals surface area contributed by atoms with Crippen molar-refractivity contribution >= 4 is 45.3 Å². The molecule has 150 valence electrons. The quantitative estimate of drug-likeness (QED) is 0.651. The molecule has 1 unspecified atom stereocenters. The van der Waals surface area contributed by atoms with Crippen molar-refractivity contribution < 1.29 is 23.1 Å². The second kappa shape index (κ2) is 9.77. The Labute approximate surface area is 168 Å². The number of carbonyl (C=O) groups is 2. The number of hydrogen-bond acceptors (Lipinski definition) is 5. The highest BCUT2D eigenvalue weighted by molar-refractivity contribution is 7.98. The standard InChI is InChI=1S/C17H23ClN2O5S2/c1-26-10-7-14(17(22)23)19-16(21)12-5-6-13(18)15(11-12)27(24,25)20-8-3-2-4-9-20/h5-6,11,14H,2-4,7-10H2,1H3,(H,19,21)(H,22,23). The molecule has 1 heterocycles. The molecule has 1 aliphatic rings. The highest BCUT2D eigenvalue weighted by Gasteiger charge is 2.29. The fraction of sp³-hybridized carbons (Fsp3) is 0.529. The first-order chi connectivity index (χ1) is 12.8. The molecule has 2 N–H and O–H groups in total. The number of sulfonamides is 1. The van der Waals surface area contributed by atoms with E-state index in [2.05, 4.69) is 5.32 Å². The van der Waals surface area contributed by atoms with Gasteiger partial charge in [0.15, 0.2) is 0 Å². The lowest BCUT2D eigenvalue weighted by Gasteiger charge is -2.26. The molecule has 1 atom stereocenters. The average Bonchev–Trinajstić information content (AvgIpc) is 2.65.